The largest absolute Gasteiger partial charge is 0.399 e. The standard InChI is InChI=1S/C17H25NO2Si/c1-7-12-17(20-21(5,6)16(2,3)4)13-10-8-9-11-14(13)18-15(17)19/h7-11H,1,12H2,2-6H3,(H,18,19). The molecule has 3 nitrogen and oxygen atoms in total. The third-order valence-electron chi connectivity index (χ3n) is 4.64. The predicted octanol–water partition coefficient (Wildman–Crippen LogP) is 4.43. The molecule has 0 spiro atoms. The van der Waals surface area contributed by atoms with Crippen molar-refractivity contribution < 1.29 is 9.22 Å². The van der Waals surface area contributed by atoms with Gasteiger partial charge in [-0.05, 0) is 24.2 Å². The molecule has 0 saturated heterocycles. The number of para-hydroxylation sites is 1. The molecule has 0 radical (unpaired) electrons. The van der Waals surface area contributed by atoms with Crippen LogP contribution in [0.5, 0.6) is 0 Å². The van der Waals surface area contributed by atoms with Crippen molar-refractivity contribution in [2.24, 2.45) is 0 Å². The van der Waals surface area contributed by atoms with E-state index < -0.39 is 13.9 Å². The average Bonchev–Trinajstić information content (AvgIpc) is 2.61. The zero-order valence-corrected chi connectivity index (χ0v) is 14.6. The molecule has 114 valence electrons. The first-order valence-corrected chi connectivity index (χ1v) is 10.3. The Bertz CT molecular complexity index is 574. The number of carbonyl (C=O) groups is 1. The van der Waals surface area contributed by atoms with Crippen LogP contribution >= 0.6 is 0 Å². The Labute approximate surface area is 128 Å². The minimum absolute atomic E-state index is 0.0407. The van der Waals surface area contributed by atoms with Crippen LogP contribution in [0.15, 0.2) is 36.9 Å². The van der Waals surface area contributed by atoms with Gasteiger partial charge >= 0.3 is 0 Å². The van der Waals surface area contributed by atoms with Gasteiger partial charge in [0.2, 0.25) is 0 Å². The van der Waals surface area contributed by atoms with Crippen LogP contribution in [-0.4, -0.2) is 14.2 Å². The number of carbonyl (C=O) groups excluding carboxylic acids is 1. The lowest BCUT2D eigenvalue weighted by atomic mass is 9.92. The van der Waals surface area contributed by atoms with Gasteiger partial charge in [0.15, 0.2) is 13.9 Å². The molecule has 2 rings (SSSR count). The van der Waals surface area contributed by atoms with Gasteiger partial charge in [-0.25, -0.2) is 0 Å². The van der Waals surface area contributed by atoms with Crippen LogP contribution in [0.3, 0.4) is 0 Å². The first-order chi connectivity index (χ1) is 9.64. The van der Waals surface area contributed by atoms with Crippen LogP contribution in [0.4, 0.5) is 5.69 Å². The average molecular weight is 303 g/mol. The van der Waals surface area contributed by atoms with E-state index in [-0.39, 0.29) is 10.9 Å². The highest BCUT2D eigenvalue weighted by Gasteiger charge is 2.52. The van der Waals surface area contributed by atoms with E-state index in [0.29, 0.717) is 6.42 Å². The molecule has 0 saturated carbocycles. The molecular formula is C17H25NO2Si. The number of fused-ring (bicyclic) bond motifs is 1. The van der Waals surface area contributed by atoms with Crippen LogP contribution in [-0.2, 0) is 14.8 Å². The van der Waals surface area contributed by atoms with Gasteiger partial charge in [0.1, 0.15) is 0 Å². The van der Waals surface area contributed by atoms with Crippen LogP contribution in [0.1, 0.15) is 32.8 Å². The van der Waals surface area contributed by atoms with Crippen molar-refractivity contribution >= 4 is 19.9 Å². The minimum Gasteiger partial charge on any atom is -0.399 e. The highest BCUT2D eigenvalue weighted by Crippen LogP contribution is 2.47. The minimum atomic E-state index is -2.10. The van der Waals surface area contributed by atoms with Crippen molar-refractivity contribution in [3.05, 3.63) is 42.5 Å². The van der Waals surface area contributed by atoms with E-state index >= 15 is 0 Å². The van der Waals surface area contributed by atoms with E-state index in [2.05, 4.69) is 45.8 Å². The summed E-state index contributed by atoms with van der Waals surface area (Å²) in [6.45, 7) is 14.7. The zero-order valence-electron chi connectivity index (χ0n) is 13.6. The van der Waals surface area contributed by atoms with E-state index in [4.69, 9.17) is 4.43 Å². The molecule has 1 atom stereocenters. The maximum atomic E-state index is 12.7. The Morgan fingerprint density at radius 1 is 1.33 bits per heavy atom. The van der Waals surface area contributed by atoms with E-state index in [1.165, 1.54) is 0 Å². The van der Waals surface area contributed by atoms with E-state index in [9.17, 15) is 4.79 Å². The summed E-state index contributed by atoms with van der Waals surface area (Å²) < 4.78 is 6.59. The lowest BCUT2D eigenvalue weighted by Crippen LogP contribution is -2.51. The maximum Gasteiger partial charge on any atom is 0.260 e. The zero-order chi connectivity index (χ0) is 15.9. The second kappa shape index (κ2) is 5.11. The summed E-state index contributed by atoms with van der Waals surface area (Å²) >= 11 is 0. The van der Waals surface area contributed by atoms with Gasteiger partial charge in [-0.3, -0.25) is 4.79 Å². The van der Waals surface area contributed by atoms with Crippen molar-refractivity contribution in [3.8, 4) is 0 Å². The fraction of sp³-hybridized carbons (Fsp3) is 0.471. The molecule has 1 amide bonds. The van der Waals surface area contributed by atoms with Gasteiger partial charge < -0.3 is 9.74 Å². The van der Waals surface area contributed by atoms with Crippen LogP contribution in [0, 0.1) is 0 Å². The molecule has 1 aromatic carbocycles. The summed E-state index contributed by atoms with van der Waals surface area (Å²) in [6, 6.07) is 7.78. The molecule has 0 bridgehead atoms. The van der Waals surface area contributed by atoms with Gasteiger partial charge in [0, 0.05) is 17.7 Å². The van der Waals surface area contributed by atoms with Crippen molar-refractivity contribution in [2.75, 3.05) is 5.32 Å². The monoisotopic (exact) mass is 303 g/mol. The Hall–Kier alpha value is -1.39. The Kier molecular flexibility index (Phi) is 3.89. The van der Waals surface area contributed by atoms with E-state index in [0.717, 1.165) is 11.3 Å². The molecule has 1 unspecified atom stereocenters. The van der Waals surface area contributed by atoms with Crippen molar-refractivity contribution in [2.45, 2.75) is 50.9 Å². The fourth-order valence-electron chi connectivity index (χ4n) is 2.43. The molecule has 0 aromatic heterocycles. The van der Waals surface area contributed by atoms with Gasteiger partial charge in [-0.15, -0.1) is 6.58 Å². The number of amides is 1. The summed E-state index contributed by atoms with van der Waals surface area (Å²) in [7, 11) is -2.10. The van der Waals surface area contributed by atoms with Crippen LogP contribution in [0.2, 0.25) is 18.1 Å². The van der Waals surface area contributed by atoms with Gasteiger partial charge in [0.05, 0.1) is 0 Å². The van der Waals surface area contributed by atoms with Crippen molar-refractivity contribution in [1.29, 1.82) is 0 Å². The number of hydrogen-bond donors (Lipinski definition) is 1. The quantitative estimate of drug-likeness (QED) is 0.660. The summed E-state index contributed by atoms with van der Waals surface area (Å²) in [5, 5.41) is 3.00. The second-order valence-corrected chi connectivity index (χ2v) is 11.9. The van der Waals surface area contributed by atoms with Gasteiger partial charge in [-0.1, -0.05) is 45.0 Å². The lowest BCUT2D eigenvalue weighted by molar-refractivity contribution is -0.131. The second-order valence-electron chi connectivity index (χ2n) is 7.18. The predicted molar refractivity (Wildman–Crippen MR) is 89.8 cm³/mol. The Morgan fingerprint density at radius 2 is 1.95 bits per heavy atom. The molecular weight excluding hydrogens is 278 g/mol. The smallest absolute Gasteiger partial charge is 0.260 e. The summed E-state index contributed by atoms with van der Waals surface area (Å²) in [5.74, 6) is -0.0755. The molecule has 21 heavy (non-hydrogen) atoms. The van der Waals surface area contributed by atoms with Crippen LogP contribution in [0.25, 0.3) is 0 Å². The highest BCUT2D eigenvalue weighted by molar-refractivity contribution is 6.74. The third-order valence-corrected chi connectivity index (χ3v) is 9.12. The van der Waals surface area contributed by atoms with Crippen molar-refractivity contribution in [1.82, 2.24) is 0 Å². The first-order valence-electron chi connectivity index (χ1n) is 7.36. The molecule has 1 N–H and O–H groups in total. The topological polar surface area (TPSA) is 38.3 Å². The number of benzene rings is 1. The molecule has 1 aliphatic rings. The molecule has 1 heterocycles. The maximum absolute atomic E-state index is 12.7. The Balaban J connectivity index is 2.53. The molecule has 4 heteroatoms. The molecule has 0 aliphatic carbocycles. The molecule has 1 aromatic rings. The summed E-state index contributed by atoms with van der Waals surface area (Å²) in [4.78, 5) is 12.7. The number of anilines is 1. The van der Waals surface area contributed by atoms with Crippen LogP contribution < -0.4 is 5.32 Å². The number of hydrogen-bond acceptors (Lipinski definition) is 2. The van der Waals surface area contributed by atoms with Crippen molar-refractivity contribution in [3.63, 3.8) is 0 Å². The number of rotatable bonds is 4. The highest BCUT2D eigenvalue weighted by atomic mass is 28.4. The lowest BCUT2D eigenvalue weighted by Gasteiger charge is -2.43. The normalized spacial score (nSPS) is 21.9. The SMILES string of the molecule is C=CCC1(O[Si](C)(C)C(C)(C)C)C(=O)Nc2ccccc21. The summed E-state index contributed by atoms with van der Waals surface area (Å²) in [5.41, 5.74) is 0.851. The molecule has 1 aliphatic heterocycles. The van der Waals surface area contributed by atoms with Gasteiger partial charge in [0.25, 0.3) is 5.91 Å². The van der Waals surface area contributed by atoms with Gasteiger partial charge in [-0.2, -0.15) is 0 Å². The Morgan fingerprint density at radius 3 is 2.52 bits per heavy atom. The first kappa shape index (κ1) is 16.0. The molecule has 0 fully saturated rings. The fourth-order valence-corrected chi connectivity index (χ4v) is 3.89. The van der Waals surface area contributed by atoms with E-state index in [1.807, 2.05) is 24.3 Å². The number of nitrogens with one attached hydrogen (secondary N) is 1. The summed E-state index contributed by atoms with van der Waals surface area (Å²) in [6.07, 6.45) is 2.26. The third kappa shape index (κ3) is 2.58. The van der Waals surface area contributed by atoms with E-state index in [1.54, 1.807) is 6.08 Å².